The monoisotopic (exact) mass is 347 g/mol. The van der Waals surface area contributed by atoms with Crippen LogP contribution in [0, 0.1) is 16.0 Å². The van der Waals surface area contributed by atoms with Crippen molar-refractivity contribution in [1.82, 2.24) is 4.72 Å². The number of nitrogens with two attached hydrogens (primary N) is 1. The Bertz CT molecular complexity index is 659. The van der Waals surface area contributed by atoms with Crippen LogP contribution in [0.1, 0.15) is 25.7 Å². The summed E-state index contributed by atoms with van der Waals surface area (Å²) in [5.74, 6) is 0.154. The van der Waals surface area contributed by atoms with E-state index >= 15 is 0 Å². The van der Waals surface area contributed by atoms with Gasteiger partial charge in [0.05, 0.1) is 9.95 Å². The van der Waals surface area contributed by atoms with Crippen molar-refractivity contribution >= 4 is 27.3 Å². The first-order valence-corrected chi connectivity index (χ1v) is 8.88. The molecule has 1 unspecified atom stereocenters. The lowest BCUT2D eigenvalue weighted by Gasteiger charge is -2.23. The highest BCUT2D eigenvalue weighted by Crippen LogP contribution is 2.32. The number of rotatable bonds is 6. The summed E-state index contributed by atoms with van der Waals surface area (Å²) >= 11 is 5.89. The van der Waals surface area contributed by atoms with E-state index in [-0.39, 0.29) is 17.5 Å². The highest BCUT2D eigenvalue weighted by Gasteiger charge is 2.33. The van der Waals surface area contributed by atoms with E-state index in [1.54, 1.807) is 0 Å². The molecule has 1 aromatic carbocycles. The maximum Gasteiger partial charge on any atom is 0.290 e. The normalized spacial score (nSPS) is 17.5. The zero-order valence-electron chi connectivity index (χ0n) is 11.9. The number of nitro groups is 1. The summed E-state index contributed by atoms with van der Waals surface area (Å²) in [5.41, 5.74) is 5.14. The first kappa shape index (κ1) is 17.1. The van der Waals surface area contributed by atoms with Crippen molar-refractivity contribution in [3.63, 3.8) is 0 Å². The number of hydrogen-bond acceptors (Lipinski definition) is 5. The van der Waals surface area contributed by atoms with Crippen LogP contribution in [0.2, 0.25) is 5.02 Å². The van der Waals surface area contributed by atoms with Gasteiger partial charge in [0.2, 0.25) is 10.0 Å². The van der Waals surface area contributed by atoms with Gasteiger partial charge in [-0.3, -0.25) is 10.1 Å². The van der Waals surface area contributed by atoms with Crippen LogP contribution in [-0.4, -0.2) is 25.9 Å². The molecule has 0 saturated heterocycles. The minimum Gasteiger partial charge on any atom is -0.329 e. The predicted molar refractivity (Wildman–Crippen MR) is 83.2 cm³/mol. The first-order chi connectivity index (χ1) is 10.4. The highest BCUT2D eigenvalue weighted by molar-refractivity contribution is 7.89. The SMILES string of the molecule is NCC(NS(=O)(=O)c1c(Cl)cccc1[N+](=O)[O-])C1CCCC1. The van der Waals surface area contributed by atoms with Gasteiger partial charge in [-0.2, -0.15) is 0 Å². The third-order valence-electron chi connectivity index (χ3n) is 3.94. The Morgan fingerprint density at radius 3 is 2.59 bits per heavy atom. The molecule has 0 aliphatic heterocycles. The molecule has 1 saturated carbocycles. The molecule has 9 heteroatoms. The molecule has 0 spiro atoms. The van der Waals surface area contributed by atoms with Crippen LogP contribution in [0.25, 0.3) is 0 Å². The van der Waals surface area contributed by atoms with Gasteiger partial charge in [0.15, 0.2) is 4.90 Å². The Hall–Kier alpha value is -1.22. The number of benzene rings is 1. The maximum atomic E-state index is 12.5. The molecule has 0 aromatic heterocycles. The molecule has 3 N–H and O–H groups in total. The minimum absolute atomic E-state index is 0.141. The molecule has 1 fully saturated rings. The number of hydrogen-bond donors (Lipinski definition) is 2. The molecule has 22 heavy (non-hydrogen) atoms. The van der Waals surface area contributed by atoms with Crippen molar-refractivity contribution in [3.05, 3.63) is 33.3 Å². The van der Waals surface area contributed by atoms with Crippen molar-refractivity contribution in [2.75, 3.05) is 6.54 Å². The predicted octanol–water partition coefficient (Wildman–Crippen LogP) is 2.04. The van der Waals surface area contributed by atoms with Gasteiger partial charge in [0.25, 0.3) is 5.69 Å². The second-order valence-corrected chi connectivity index (χ2v) is 7.41. The van der Waals surface area contributed by atoms with Crippen molar-refractivity contribution in [2.45, 2.75) is 36.6 Å². The summed E-state index contributed by atoms with van der Waals surface area (Å²) in [7, 11) is -4.12. The third kappa shape index (κ3) is 3.57. The molecule has 1 aliphatic rings. The van der Waals surface area contributed by atoms with Crippen molar-refractivity contribution in [1.29, 1.82) is 0 Å². The fourth-order valence-corrected chi connectivity index (χ4v) is 4.88. The highest BCUT2D eigenvalue weighted by atomic mass is 35.5. The summed E-state index contributed by atoms with van der Waals surface area (Å²) in [5, 5.41) is 10.9. The Kier molecular flexibility index (Phi) is 5.38. The van der Waals surface area contributed by atoms with Crippen molar-refractivity contribution in [3.8, 4) is 0 Å². The van der Waals surface area contributed by atoms with Crippen LogP contribution in [0.4, 0.5) is 5.69 Å². The van der Waals surface area contributed by atoms with Gasteiger partial charge in [-0.05, 0) is 24.8 Å². The van der Waals surface area contributed by atoms with E-state index in [0.717, 1.165) is 31.7 Å². The van der Waals surface area contributed by atoms with Gasteiger partial charge in [-0.15, -0.1) is 0 Å². The third-order valence-corrected chi connectivity index (χ3v) is 5.95. The quantitative estimate of drug-likeness (QED) is 0.603. The molecule has 2 rings (SSSR count). The van der Waals surface area contributed by atoms with Crippen LogP contribution < -0.4 is 10.5 Å². The van der Waals surface area contributed by atoms with Gasteiger partial charge in [0, 0.05) is 18.7 Å². The van der Waals surface area contributed by atoms with E-state index in [9.17, 15) is 18.5 Å². The molecular weight excluding hydrogens is 330 g/mol. The molecule has 1 aromatic rings. The van der Waals surface area contributed by atoms with E-state index in [1.807, 2.05) is 0 Å². The van der Waals surface area contributed by atoms with Crippen LogP contribution in [0.3, 0.4) is 0 Å². The fraction of sp³-hybridized carbons (Fsp3) is 0.538. The molecular formula is C13H18ClN3O4S. The van der Waals surface area contributed by atoms with Gasteiger partial charge in [0.1, 0.15) is 0 Å². The topological polar surface area (TPSA) is 115 Å². The Morgan fingerprint density at radius 2 is 2.05 bits per heavy atom. The van der Waals surface area contributed by atoms with Crippen LogP contribution >= 0.6 is 11.6 Å². The number of nitro benzene ring substituents is 1. The van der Waals surface area contributed by atoms with Gasteiger partial charge in [-0.1, -0.05) is 30.5 Å². The second kappa shape index (κ2) is 6.91. The minimum atomic E-state index is -4.12. The van der Waals surface area contributed by atoms with Crippen molar-refractivity contribution < 1.29 is 13.3 Å². The summed E-state index contributed by atoms with van der Waals surface area (Å²) in [6.45, 7) is 0.141. The molecule has 1 aliphatic carbocycles. The van der Waals surface area contributed by atoms with Crippen LogP contribution in [0.15, 0.2) is 23.1 Å². The lowest BCUT2D eigenvalue weighted by atomic mass is 9.99. The second-order valence-electron chi connectivity index (χ2n) is 5.35. The van der Waals surface area contributed by atoms with Gasteiger partial charge >= 0.3 is 0 Å². The Balaban J connectivity index is 2.36. The van der Waals surface area contributed by atoms with E-state index < -0.39 is 31.6 Å². The molecule has 0 heterocycles. The summed E-state index contributed by atoms with van der Waals surface area (Å²) in [4.78, 5) is 9.80. The molecule has 0 radical (unpaired) electrons. The number of nitrogens with one attached hydrogen (secondary N) is 1. The van der Waals surface area contributed by atoms with Crippen molar-refractivity contribution in [2.24, 2.45) is 11.7 Å². The lowest BCUT2D eigenvalue weighted by Crippen LogP contribution is -2.44. The first-order valence-electron chi connectivity index (χ1n) is 7.02. The Labute approximate surface area is 134 Å². The van der Waals surface area contributed by atoms with E-state index in [4.69, 9.17) is 17.3 Å². The summed E-state index contributed by atoms with van der Waals surface area (Å²) in [6, 6.07) is 3.34. The maximum absolute atomic E-state index is 12.5. The smallest absolute Gasteiger partial charge is 0.290 e. The van der Waals surface area contributed by atoms with Crippen LogP contribution in [-0.2, 0) is 10.0 Å². The number of nitrogens with zero attached hydrogens (tertiary/aromatic N) is 1. The fourth-order valence-electron chi connectivity index (χ4n) is 2.86. The molecule has 1 atom stereocenters. The molecule has 0 bridgehead atoms. The standard InChI is InChI=1S/C13H18ClN3O4S/c14-10-6-3-7-12(17(18)19)13(10)22(20,21)16-11(8-15)9-4-1-2-5-9/h3,6-7,9,11,16H,1-2,4-5,8,15H2. The molecule has 7 nitrogen and oxygen atoms in total. The van der Waals surface area contributed by atoms with Gasteiger partial charge < -0.3 is 5.73 Å². The number of halogens is 1. The average Bonchev–Trinajstić information content (AvgIpc) is 2.98. The zero-order chi connectivity index (χ0) is 16.3. The largest absolute Gasteiger partial charge is 0.329 e. The lowest BCUT2D eigenvalue weighted by molar-refractivity contribution is -0.387. The van der Waals surface area contributed by atoms with E-state index in [1.165, 1.54) is 12.1 Å². The average molecular weight is 348 g/mol. The van der Waals surface area contributed by atoms with E-state index in [2.05, 4.69) is 4.72 Å². The summed E-state index contributed by atoms with van der Waals surface area (Å²) < 4.78 is 27.6. The number of sulfonamides is 1. The summed E-state index contributed by atoms with van der Waals surface area (Å²) in [6.07, 6.45) is 3.87. The zero-order valence-corrected chi connectivity index (χ0v) is 13.4. The van der Waals surface area contributed by atoms with Crippen LogP contribution in [0.5, 0.6) is 0 Å². The Morgan fingerprint density at radius 1 is 1.41 bits per heavy atom. The molecule has 122 valence electrons. The molecule has 0 amide bonds. The van der Waals surface area contributed by atoms with Gasteiger partial charge in [-0.25, -0.2) is 13.1 Å². The van der Waals surface area contributed by atoms with E-state index in [0.29, 0.717) is 0 Å².